The summed E-state index contributed by atoms with van der Waals surface area (Å²) in [5.74, 6) is 1.34. The number of allylic oxidation sites excluding steroid dienone is 1. The second kappa shape index (κ2) is 6.72. The van der Waals surface area contributed by atoms with Crippen LogP contribution in [-0.2, 0) is 4.74 Å². The number of rotatable bonds is 4. The lowest BCUT2D eigenvalue weighted by molar-refractivity contribution is 0.226. The van der Waals surface area contributed by atoms with Crippen LogP contribution in [0.5, 0.6) is 0 Å². The molecule has 0 aromatic carbocycles. The van der Waals surface area contributed by atoms with Crippen LogP contribution in [0, 0.1) is 0 Å². The zero-order chi connectivity index (χ0) is 12.0. The van der Waals surface area contributed by atoms with E-state index in [-0.39, 0.29) is 0 Å². The first-order valence-electron chi connectivity index (χ1n) is 7.22. The lowest BCUT2D eigenvalue weighted by atomic mass is 9.99. The van der Waals surface area contributed by atoms with Crippen LogP contribution in [0.25, 0.3) is 0 Å². The van der Waals surface area contributed by atoms with Crippen LogP contribution in [0.15, 0.2) is 11.8 Å². The molecule has 2 aliphatic rings. The van der Waals surface area contributed by atoms with Gasteiger partial charge < -0.3 is 4.74 Å². The summed E-state index contributed by atoms with van der Waals surface area (Å²) in [4.78, 5) is 0. The fraction of sp³-hybridized carbons (Fsp3) is 0.867. The molecule has 2 heteroatoms. The minimum atomic E-state index is 0.477. The first kappa shape index (κ1) is 13.3. The Morgan fingerprint density at radius 2 is 2.00 bits per heavy atom. The van der Waals surface area contributed by atoms with Crippen molar-refractivity contribution < 1.29 is 4.74 Å². The van der Waals surface area contributed by atoms with Gasteiger partial charge in [-0.3, -0.25) is 0 Å². The van der Waals surface area contributed by atoms with E-state index in [0.717, 1.165) is 6.61 Å². The molecule has 1 heterocycles. The molecule has 1 atom stereocenters. The van der Waals surface area contributed by atoms with E-state index < -0.39 is 0 Å². The molecule has 0 amide bonds. The second-order valence-electron chi connectivity index (χ2n) is 5.71. The number of thioether (sulfide) groups is 1. The molecule has 0 bridgehead atoms. The molecule has 2 rings (SSSR count). The monoisotopic (exact) mass is 254 g/mol. The van der Waals surface area contributed by atoms with Crippen LogP contribution >= 0.6 is 11.8 Å². The average molecular weight is 254 g/mol. The quantitative estimate of drug-likeness (QED) is 0.520. The van der Waals surface area contributed by atoms with Crippen molar-refractivity contribution >= 4 is 11.8 Å². The Hall–Kier alpha value is -0.110. The van der Waals surface area contributed by atoms with E-state index in [4.69, 9.17) is 4.74 Å². The van der Waals surface area contributed by atoms with E-state index in [1.165, 1.54) is 69.1 Å². The Labute approximate surface area is 110 Å². The van der Waals surface area contributed by atoms with Gasteiger partial charge in [0.05, 0.1) is 12.9 Å². The molecule has 1 saturated heterocycles. The zero-order valence-corrected chi connectivity index (χ0v) is 12.0. The van der Waals surface area contributed by atoms with Crippen LogP contribution in [-0.4, -0.2) is 17.1 Å². The van der Waals surface area contributed by atoms with Gasteiger partial charge in [0, 0.05) is 4.75 Å². The Morgan fingerprint density at radius 1 is 1.18 bits per heavy atom. The van der Waals surface area contributed by atoms with Crippen molar-refractivity contribution in [2.45, 2.75) is 69.5 Å². The highest BCUT2D eigenvalue weighted by Crippen LogP contribution is 2.37. The fourth-order valence-electron chi connectivity index (χ4n) is 2.76. The summed E-state index contributed by atoms with van der Waals surface area (Å²) < 4.78 is 6.23. The van der Waals surface area contributed by atoms with Crippen molar-refractivity contribution in [1.29, 1.82) is 0 Å². The summed E-state index contributed by atoms with van der Waals surface area (Å²) in [6.45, 7) is 3.34. The summed E-state index contributed by atoms with van der Waals surface area (Å²) in [5, 5.41) is 0. The van der Waals surface area contributed by atoms with Gasteiger partial charge in [0.2, 0.25) is 0 Å². The van der Waals surface area contributed by atoms with Gasteiger partial charge in [0.1, 0.15) is 0 Å². The lowest BCUT2D eigenvalue weighted by Gasteiger charge is -2.26. The van der Waals surface area contributed by atoms with Crippen molar-refractivity contribution in [3.8, 4) is 0 Å². The van der Waals surface area contributed by atoms with Gasteiger partial charge in [-0.2, -0.15) is 11.8 Å². The fourth-order valence-corrected chi connectivity index (χ4v) is 4.12. The van der Waals surface area contributed by atoms with Crippen molar-refractivity contribution in [2.24, 2.45) is 0 Å². The number of hydrogen-bond acceptors (Lipinski definition) is 2. The SMILES string of the molecule is CC1(CCOC=C2CCCC2)CCCCCS1. The third-order valence-corrected chi connectivity index (χ3v) is 5.64. The van der Waals surface area contributed by atoms with Crippen molar-refractivity contribution in [2.75, 3.05) is 12.4 Å². The highest BCUT2D eigenvalue weighted by Gasteiger charge is 2.25. The average Bonchev–Trinajstić information content (AvgIpc) is 2.74. The van der Waals surface area contributed by atoms with E-state index in [0.29, 0.717) is 4.75 Å². The van der Waals surface area contributed by atoms with E-state index in [1.54, 1.807) is 0 Å². The largest absolute Gasteiger partial charge is 0.501 e. The molecule has 1 unspecified atom stereocenters. The van der Waals surface area contributed by atoms with Crippen molar-refractivity contribution in [1.82, 2.24) is 0 Å². The third-order valence-electron chi connectivity index (χ3n) is 4.05. The highest BCUT2D eigenvalue weighted by molar-refractivity contribution is 8.00. The van der Waals surface area contributed by atoms with Gasteiger partial charge in [0.15, 0.2) is 0 Å². The normalized spacial score (nSPS) is 30.1. The maximum absolute atomic E-state index is 5.75. The van der Waals surface area contributed by atoms with E-state index in [1.807, 2.05) is 0 Å². The standard InChI is InChI=1S/C15H26OS/c1-15(9-5-2-6-12-17-15)10-11-16-13-14-7-3-4-8-14/h13H,2-12H2,1H3. The van der Waals surface area contributed by atoms with Gasteiger partial charge in [-0.1, -0.05) is 19.8 Å². The Morgan fingerprint density at radius 3 is 2.82 bits per heavy atom. The first-order chi connectivity index (χ1) is 8.29. The highest BCUT2D eigenvalue weighted by atomic mass is 32.2. The van der Waals surface area contributed by atoms with Gasteiger partial charge in [-0.15, -0.1) is 0 Å². The first-order valence-corrected chi connectivity index (χ1v) is 8.21. The molecular weight excluding hydrogens is 228 g/mol. The maximum Gasteiger partial charge on any atom is 0.0886 e. The summed E-state index contributed by atoms with van der Waals surface area (Å²) >= 11 is 2.17. The molecule has 0 radical (unpaired) electrons. The summed E-state index contributed by atoms with van der Waals surface area (Å²) in [7, 11) is 0. The predicted octanol–water partition coefficient (Wildman–Crippen LogP) is 4.92. The summed E-state index contributed by atoms with van der Waals surface area (Å²) in [6, 6.07) is 0. The zero-order valence-electron chi connectivity index (χ0n) is 11.2. The molecule has 0 N–H and O–H groups in total. The van der Waals surface area contributed by atoms with Crippen LogP contribution < -0.4 is 0 Å². The van der Waals surface area contributed by atoms with E-state index in [2.05, 4.69) is 24.9 Å². The molecule has 0 aromatic rings. The molecule has 0 aromatic heterocycles. The smallest absolute Gasteiger partial charge is 0.0886 e. The second-order valence-corrected chi connectivity index (χ2v) is 7.40. The van der Waals surface area contributed by atoms with Gasteiger partial charge in [0.25, 0.3) is 0 Å². The van der Waals surface area contributed by atoms with E-state index >= 15 is 0 Å². The minimum Gasteiger partial charge on any atom is -0.501 e. The minimum absolute atomic E-state index is 0.477. The molecule has 0 spiro atoms. The van der Waals surface area contributed by atoms with Crippen LogP contribution in [0.2, 0.25) is 0 Å². The third kappa shape index (κ3) is 4.57. The Kier molecular flexibility index (Phi) is 5.27. The summed E-state index contributed by atoms with van der Waals surface area (Å²) in [6.07, 6.45) is 14.1. The number of ether oxygens (including phenoxy) is 1. The molecule has 1 aliphatic carbocycles. The van der Waals surface area contributed by atoms with Crippen molar-refractivity contribution in [3.05, 3.63) is 11.8 Å². The molecular formula is C15H26OS. The Bertz CT molecular complexity index is 244. The molecule has 2 fully saturated rings. The Balaban J connectivity index is 1.67. The van der Waals surface area contributed by atoms with Crippen molar-refractivity contribution in [3.63, 3.8) is 0 Å². The molecule has 1 nitrogen and oxygen atoms in total. The van der Waals surface area contributed by atoms with Gasteiger partial charge in [-0.25, -0.2) is 0 Å². The molecule has 98 valence electrons. The lowest BCUT2D eigenvalue weighted by Crippen LogP contribution is -2.21. The van der Waals surface area contributed by atoms with Gasteiger partial charge >= 0.3 is 0 Å². The molecule has 1 aliphatic heterocycles. The van der Waals surface area contributed by atoms with Crippen LogP contribution in [0.1, 0.15) is 64.7 Å². The topological polar surface area (TPSA) is 9.23 Å². The maximum atomic E-state index is 5.75. The molecule has 1 saturated carbocycles. The van der Waals surface area contributed by atoms with Crippen LogP contribution in [0.4, 0.5) is 0 Å². The van der Waals surface area contributed by atoms with Gasteiger partial charge in [-0.05, 0) is 56.3 Å². The number of hydrogen-bond donors (Lipinski definition) is 0. The predicted molar refractivity (Wildman–Crippen MR) is 76.5 cm³/mol. The van der Waals surface area contributed by atoms with E-state index in [9.17, 15) is 0 Å². The summed E-state index contributed by atoms with van der Waals surface area (Å²) in [5.41, 5.74) is 1.53. The van der Waals surface area contributed by atoms with Crippen LogP contribution in [0.3, 0.4) is 0 Å². The molecule has 17 heavy (non-hydrogen) atoms.